The average Bonchev–Trinajstić information content (AvgIpc) is 3.19. The molecule has 0 saturated carbocycles. The fourth-order valence-electron chi connectivity index (χ4n) is 5.15. The van der Waals surface area contributed by atoms with Crippen molar-refractivity contribution >= 4 is 5.97 Å². The molecule has 0 N–H and O–H groups in total. The van der Waals surface area contributed by atoms with Crippen LogP contribution in [0.1, 0.15) is 101 Å². The highest BCUT2D eigenvalue weighted by molar-refractivity contribution is 5.89. The maximum absolute atomic E-state index is 11.8. The molecule has 54 heavy (non-hydrogen) atoms. The molecule has 0 aliphatic carbocycles. The van der Waals surface area contributed by atoms with Gasteiger partial charge < -0.3 is 52.1 Å². The van der Waals surface area contributed by atoms with Crippen LogP contribution in [0.3, 0.4) is 0 Å². The van der Waals surface area contributed by atoms with Crippen LogP contribution in [0.5, 0.6) is 0 Å². The van der Waals surface area contributed by atoms with Crippen LogP contribution < -0.4 is 0 Å². The second-order valence-electron chi connectivity index (χ2n) is 12.9. The molecule has 1 aromatic carbocycles. The molecule has 0 amide bonds. The molecular weight excluding hydrogens is 696 g/mol. The third kappa shape index (κ3) is 38.6. The number of benzene rings is 1. The first-order valence-electron chi connectivity index (χ1n) is 20.8. The molecule has 1 rings (SSSR count). The molecular formula is C42H76O12. The minimum absolute atomic E-state index is 0.205. The predicted octanol–water partition coefficient (Wildman–Crippen LogP) is 7.10. The van der Waals surface area contributed by atoms with Crippen LogP contribution >= 0.6 is 0 Å². The molecule has 12 heteroatoms. The van der Waals surface area contributed by atoms with Gasteiger partial charge in [-0.3, -0.25) is 0 Å². The van der Waals surface area contributed by atoms with E-state index in [4.69, 9.17) is 52.1 Å². The summed E-state index contributed by atoms with van der Waals surface area (Å²) in [5, 5.41) is 0. The van der Waals surface area contributed by atoms with Crippen LogP contribution in [-0.4, -0.2) is 145 Å². The Hall–Kier alpha value is -1.71. The van der Waals surface area contributed by atoms with Crippen molar-refractivity contribution in [3.63, 3.8) is 0 Å². The summed E-state index contributed by atoms with van der Waals surface area (Å²) in [6, 6.07) is 8.87. The quantitative estimate of drug-likeness (QED) is 0.0497. The molecule has 0 aliphatic heterocycles. The van der Waals surface area contributed by atoms with Gasteiger partial charge in [0.2, 0.25) is 0 Å². The zero-order valence-electron chi connectivity index (χ0n) is 33.8. The van der Waals surface area contributed by atoms with E-state index in [1.54, 1.807) is 24.3 Å². The van der Waals surface area contributed by atoms with Gasteiger partial charge in [0.1, 0.15) is 6.61 Å². The Labute approximate surface area is 327 Å². The van der Waals surface area contributed by atoms with Crippen LogP contribution in [-0.2, 0) is 52.1 Å². The van der Waals surface area contributed by atoms with Crippen molar-refractivity contribution in [3.8, 4) is 0 Å². The predicted molar refractivity (Wildman–Crippen MR) is 211 cm³/mol. The number of esters is 1. The summed E-state index contributed by atoms with van der Waals surface area (Å²) in [5.74, 6) is -0.353. The molecule has 12 nitrogen and oxygen atoms in total. The highest BCUT2D eigenvalue weighted by Crippen LogP contribution is 2.12. The normalized spacial score (nSPS) is 11.4. The van der Waals surface area contributed by atoms with E-state index in [1.807, 2.05) is 6.07 Å². The maximum atomic E-state index is 11.8. The number of unbranched alkanes of at least 4 members (excludes halogenated alkanes) is 12. The first kappa shape index (κ1) is 50.3. The van der Waals surface area contributed by atoms with Gasteiger partial charge in [0.05, 0.1) is 131 Å². The number of ether oxygens (including phenoxy) is 11. The monoisotopic (exact) mass is 773 g/mol. The molecule has 0 heterocycles. The minimum Gasteiger partial charge on any atom is -0.460 e. The lowest BCUT2D eigenvalue weighted by atomic mass is 10.0. The number of hydrogen-bond donors (Lipinski definition) is 0. The van der Waals surface area contributed by atoms with E-state index in [0.717, 1.165) is 13.0 Å². The third-order valence-electron chi connectivity index (χ3n) is 8.21. The Balaban J connectivity index is 1.61. The summed E-state index contributed by atoms with van der Waals surface area (Å²) in [7, 11) is 0. The summed E-state index contributed by atoms with van der Waals surface area (Å²) in [5.41, 5.74) is 0.528. The van der Waals surface area contributed by atoms with E-state index in [-0.39, 0.29) is 12.6 Å². The van der Waals surface area contributed by atoms with Crippen molar-refractivity contribution in [1.82, 2.24) is 0 Å². The van der Waals surface area contributed by atoms with E-state index in [1.165, 1.54) is 77.0 Å². The minimum atomic E-state index is -0.353. The van der Waals surface area contributed by atoms with Crippen molar-refractivity contribution < 1.29 is 56.9 Å². The lowest BCUT2D eigenvalue weighted by Gasteiger charge is -2.09. The Morgan fingerprint density at radius 3 is 0.907 bits per heavy atom. The Morgan fingerprint density at radius 2 is 0.593 bits per heavy atom. The van der Waals surface area contributed by atoms with Crippen molar-refractivity contribution in [1.29, 1.82) is 0 Å². The fraction of sp³-hybridized carbons (Fsp3) is 0.833. The van der Waals surface area contributed by atoms with Gasteiger partial charge in [-0.2, -0.15) is 0 Å². The first-order chi connectivity index (χ1) is 26.8. The molecule has 0 aliphatic rings. The summed E-state index contributed by atoms with van der Waals surface area (Å²) in [6.45, 7) is 12.9. The second-order valence-corrected chi connectivity index (χ2v) is 12.9. The van der Waals surface area contributed by atoms with E-state index in [9.17, 15) is 4.79 Å². The van der Waals surface area contributed by atoms with Gasteiger partial charge >= 0.3 is 5.97 Å². The zero-order chi connectivity index (χ0) is 38.5. The second kappa shape index (κ2) is 44.0. The molecule has 1 aromatic rings. The third-order valence-corrected chi connectivity index (χ3v) is 8.21. The summed E-state index contributed by atoms with van der Waals surface area (Å²) < 4.78 is 60.3. The van der Waals surface area contributed by atoms with Crippen LogP contribution in [0.2, 0.25) is 0 Å². The summed E-state index contributed by atoms with van der Waals surface area (Å²) in [4.78, 5) is 11.8. The highest BCUT2D eigenvalue weighted by atomic mass is 16.6. The number of carbonyl (C=O) groups is 1. The standard InChI is InChI=1S/C42H76O12/c1-2-3-4-5-6-7-8-9-10-11-12-13-17-20-44-21-22-45-23-24-46-25-26-47-27-28-48-29-30-49-31-32-50-33-34-51-35-36-52-37-38-53-39-40-54-42(43)41-18-15-14-16-19-41/h14-16,18-19H,2-13,17,20-40H2,1H3. The van der Waals surface area contributed by atoms with Gasteiger partial charge in [-0.1, -0.05) is 102 Å². The molecule has 316 valence electrons. The lowest BCUT2D eigenvalue weighted by molar-refractivity contribution is -0.0271. The van der Waals surface area contributed by atoms with E-state index in [2.05, 4.69) is 6.92 Å². The molecule has 0 saturated heterocycles. The highest BCUT2D eigenvalue weighted by Gasteiger charge is 2.05. The van der Waals surface area contributed by atoms with Crippen molar-refractivity contribution in [2.45, 2.75) is 90.4 Å². The first-order valence-corrected chi connectivity index (χ1v) is 20.8. The number of rotatable bonds is 45. The number of hydrogen-bond acceptors (Lipinski definition) is 12. The lowest BCUT2D eigenvalue weighted by Crippen LogP contribution is -2.15. The Kier molecular flexibility index (Phi) is 41.0. The van der Waals surface area contributed by atoms with Gasteiger partial charge in [-0.15, -0.1) is 0 Å². The van der Waals surface area contributed by atoms with Crippen LogP contribution in [0.25, 0.3) is 0 Å². The SMILES string of the molecule is CCCCCCCCCCCCCCCOCCOCCOCCOCCOCCOCCOCCOCCOCCOCCOC(=O)c1ccccc1. The van der Waals surface area contributed by atoms with E-state index >= 15 is 0 Å². The van der Waals surface area contributed by atoms with Crippen molar-refractivity contribution in [2.24, 2.45) is 0 Å². The van der Waals surface area contributed by atoms with Gasteiger partial charge in [0.15, 0.2) is 0 Å². The van der Waals surface area contributed by atoms with Crippen molar-refractivity contribution in [2.75, 3.05) is 139 Å². The topological polar surface area (TPSA) is 119 Å². The molecule has 0 spiro atoms. The Bertz CT molecular complexity index is 863. The zero-order valence-corrected chi connectivity index (χ0v) is 33.8. The van der Waals surface area contributed by atoms with Gasteiger partial charge in [0.25, 0.3) is 0 Å². The largest absolute Gasteiger partial charge is 0.460 e. The van der Waals surface area contributed by atoms with E-state index < -0.39 is 0 Å². The Morgan fingerprint density at radius 1 is 0.333 bits per heavy atom. The molecule has 0 atom stereocenters. The average molecular weight is 773 g/mol. The van der Waals surface area contributed by atoms with Crippen molar-refractivity contribution in [3.05, 3.63) is 35.9 Å². The summed E-state index contributed by atoms with van der Waals surface area (Å²) in [6.07, 6.45) is 17.8. The molecule has 0 radical (unpaired) electrons. The fourth-order valence-corrected chi connectivity index (χ4v) is 5.15. The number of carbonyl (C=O) groups excluding carboxylic acids is 1. The summed E-state index contributed by atoms with van der Waals surface area (Å²) >= 11 is 0. The van der Waals surface area contributed by atoms with Gasteiger partial charge in [-0.05, 0) is 18.6 Å². The van der Waals surface area contributed by atoms with E-state index in [0.29, 0.717) is 131 Å². The van der Waals surface area contributed by atoms with Crippen LogP contribution in [0.4, 0.5) is 0 Å². The smallest absolute Gasteiger partial charge is 0.338 e. The molecule has 0 unspecified atom stereocenters. The van der Waals surface area contributed by atoms with Gasteiger partial charge in [0, 0.05) is 6.61 Å². The van der Waals surface area contributed by atoms with Crippen LogP contribution in [0, 0.1) is 0 Å². The molecule has 0 bridgehead atoms. The molecule has 0 fully saturated rings. The molecule has 0 aromatic heterocycles. The van der Waals surface area contributed by atoms with Gasteiger partial charge in [-0.25, -0.2) is 4.79 Å². The van der Waals surface area contributed by atoms with Crippen LogP contribution in [0.15, 0.2) is 30.3 Å². The maximum Gasteiger partial charge on any atom is 0.338 e.